The lowest BCUT2D eigenvalue weighted by Crippen LogP contribution is -2.00. The summed E-state index contributed by atoms with van der Waals surface area (Å²) in [5, 5.41) is 21.8. The average molecular weight is 295 g/mol. The molecule has 7 nitrogen and oxygen atoms in total. The lowest BCUT2D eigenvalue weighted by atomic mass is 10.0. The minimum Gasteiger partial charge on any atom is -0.258 e. The van der Waals surface area contributed by atoms with Crippen LogP contribution < -0.4 is 0 Å². The van der Waals surface area contributed by atoms with Crippen LogP contribution in [0.2, 0.25) is 0 Å². The number of rotatable bonds is 4. The van der Waals surface area contributed by atoms with E-state index in [-0.39, 0.29) is 11.4 Å². The lowest BCUT2D eigenvalue weighted by molar-refractivity contribution is -0.396. The topological polar surface area (TPSA) is 89.3 Å². The summed E-state index contributed by atoms with van der Waals surface area (Å²) in [5.41, 5.74) is -0.433. The average Bonchev–Trinajstić information content (AvgIpc) is 3.12. The number of non-ortho nitro benzene ring substituents is 1. The van der Waals surface area contributed by atoms with Gasteiger partial charge in [-0.2, -0.15) is 0 Å². The maximum atomic E-state index is 11.1. The molecule has 1 aliphatic carbocycles. The number of benzene rings is 1. The van der Waals surface area contributed by atoms with Crippen molar-refractivity contribution in [2.75, 3.05) is 0 Å². The SMILES string of the molecule is O=[N+]([O-])c1ccc(SN2C3CCCCC32)c([N+](=O)[O-])c1. The van der Waals surface area contributed by atoms with Crippen LogP contribution in [-0.4, -0.2) is 26.2 Å². The summed E-state index contributed by atoms with van der Waals surface area (Å²) in [6.07, 6.45) is 4.69. The molecule has 1 aromatic rings. The second-order valence-corrected chi connectivity index (χ2v) is 6.08. The molecule has 2 aliphatic rings. The van der Waals surface area contributed by atoms with E-state index in [4.69, 9.17) is 0 Å². The van der Waals surface area contributed by atoms with Gasteiger partial charge in [0.15, 0.2) is 0 Å². The number of nitro benzene ring substituents is 2. The summed E-state index contributed by atoms with van der Waals surface area (Å²) in [4.78, 5) is 21.1. The van der Waals surface area contributed by atoms with Gasteiger partial charge in [0.2, 0.25) is 0 Å². The van der Waals surface area contributed by atoms with E-state index in [9.17, 15) is 20.2 Å². The molecule has 0 radical (unpaired) electrons. The maximum Gasteiger partial charge on any atom is 0.291 e. The quantitative estimate of drug-likeness (QED) is 0.367. The molecule has 0 amide bonds. The first-order valence-corrected chi connectivity index (χ1v) is 7.24. The van der Waals surface area contributed by atoms with Crippen molar-refractivity contribution >= 4 is 23.3 Å². The summed E-state index contributed by atoms with van der Waals surface area (Å²) < 4.78 is 2.18. The zero-order valence-electron chi connectivity index (χ0n) is 10.6. The van der Waals surface area contributed by atoms with E-state index in [0.29, 0.717) is 17.0 Å². The van der Waals surface area contributed by atoms with Crippen molar-refractivity contribution in [3.05, 3.63) is 38.4 Å². The second-order valence-electron chi connectivity index (χ2n) is 5.04. The summed E-state index contributed by atoms with van der Waals surface area (Å²) in [7, 11) is 0. The molecule has 0 aromatic heterocycles. The van der Waals surface area contributed by atoms with Crippen LogP contribution in [0, 0.1) is 20.2 Å². The first-order chi connectivity index (χ1) is 9.58. The number of nitro groups is 2. The van der Waals surface area contributed by atoms with Crippen molar-refractivity contribution < 1.29 is 9.85 Å². The Bertz CT molecular complexity index is 568. The Labute approximate surface area is 119 Å². The van der Waals surface area contributed by atoms with Crippen molar-refractivity contribution in [2.24, 2.45) is 0 Å². The Kier molecular flexibility index (Phi) is 3.35. The first kappa shape index (κ1) is 13.3. The highest BCUT2D eigenvalue weighted by atomic mass is 32.2. The van der Waals surface area contributed by atoms with E-state index in [1.165, 1.54) is 36.9 Å². The van der Waals surface area contributed by atoms with E-state index in [1.54, 1.807) is 0 Å². The highest BCUT2D eigenvalue weighted by Gasteiger charge is 2.49. The van der Waals surface area contributed by atoms with Crippen molar-refractivity contribution in [1.82, 2.24) is 4.31 Å². The van der Waals surface area contributed by atoms with Gasteiger partial charge in [0.25, 0.3) is 11.4 Å². The molecule has 2 fully saturated rings. The largest absolute Gasteiger partial charge is 0.291 e. The molecule has 2 unspecified atom stereocenters. The van der Waals surface area contributed by atoms with Gasteiger partial charge in [-0.1, -0.05) is 12.8 Å². The molecule has 0 bridgehead atoms. The standard InChI is InChI=1S/C12H13N3O4S/c16-14(17)8-5-6-12(11(7-8)15(18)19)20-13-9-3-1-2-4-10(9)13/h5-7,9-10H,1-4H2. The van der Waals surface area contributed by atoms with Crippen LogP contribution in [0.5, 0.6) is 0 Å². The van der Waals surface area contributed by atoms with E-state index in [0.717, 1.165) is 18.9 Å². The number of nitrogens with zero attached hydrogens (tertiary/aromatic N) is 3. The summed E-state index contributed by atoms with van der Waals surface area (Å²) >= 11 is 1.36. The van der Waals surface area contributed by atoms with E-state index in [2.05, 4.69) is 4.31 Å². The zero-order chi connectivity index (χ0) is 14.3. The molecule has 2 atom stereocenters. The molecule has 20 heavy (non-hydrogen) atoms. The van der Waals surface area contributed by atoms with Crippen LogP contribution >= 0.6 is 11.9 Å². The van der Waals surface area contributed by atoms with Gasteiger partial charge in [-0.15, -0.1) is 0 Å². The molecular weight excluding hydrogens is 282 g/mol. The maximum absolute atomic E-state index is 11.1. The Morgan fingerprint density at radius 2 is 1.75 bits per heavy atom. The fraction of sp³-hybridized carbons (Fsp3) is 0.500. The highest BCUT2D eigenvalue weighted by molar-refractivity contribution is 7.97. The van der Waals surface area contributed by atoms with Crippen LogP contribution in [0.4, 0.5) is 11.4 Å². The van der Waals surface area contributed by atoms with Gasteiger partial charge < -0.3 is 0 Å². The predicted molar refractivity (Wildman–Crippen MR) is 73.5 cm³/mol. The molecule has 8 heteroatoms. The van der Waals surface area contributed by atoms with E-state index in [1.807, 2.05) is 0 Å². The molecule has 1 aromatic carbocycles. The third-order valence-electron chi connectivity index (χ3n) is 3.81. The third kappa shape index (κ3) is 2.36. The van der Waals surface area contributed by atoms with Crippen molar-refractivity contribution in [2.45, 2.75) is 42.7 Å². The van der Waals surface area contributed by atoms with Gasteiger partial charge in [0, 0.05) is 18.2 Å². The van der Waals surface area contributed by atoms with Gasteiger partial charge in [0.1, 0.15) is 4.90 Å². The first-order valence-electron chi connectivity index (χ1n) is 6.47. The van der Waals surface area contributed by atoms with Crippen LogP contribution in [0.3, 0.4) is 0 Å². The third-order valence-corrected chi connectivity index (χ3v) is 5.11. The fourth-order valence-corrected chi connectivity index (χ4v) is 4.04. The molecule has 0 N–H and O–H groups in total. The van der Waals surface area contributed by atoms with Gasteiger partial charge in [-0.3, -0.25) is 20.2 Å². The van der Waals surface area contributed by atoms with Gasteiger partial charge in [-0.05, 0) is 30.9 Å². The molecule has 3 rings (SSSR count). The molecule has 1 saturated carbocycles. The highest BCUT2D eigenvalue weighted by Crippen LogP contribution is 2.49. The van der Waals surface area contributed by atoms with Gasteiger partial charge >= 0.3 is 0 Å². The minimum atomic E-state index is -0.612. The Balaban J connectivity index is 1.82. The number of hydrogen-bond acceptors (Lipinski definition) is 6. The summed E-state index contributed by atoms with van der Waals surface area (Å²) in [6, 6.07) is 4.87. The van der Waals surface area contributed by atoms with Crippen molar-refractivity contribution in [3.63, 3.8) is 0 Å². The molecule has 0 spiro atoms. The van der Waals surface area contributed by atoms with Gasteiger partial charge in [0.05, 0.1) is 15.9 Å². The minimum absolute atomic E-state index is 0.187. The van der Waals surface area contributed by atoms with Gasteiger partial charge in [-0.25, -0.2) is 4.31 Å². The van der Waals surface area contributed by atoms with E-state index < -0.39 is 9.85 Å². The van der Waals surface area contributed by atoms with E-state index >= 15 is 0 Å². The summed E-state index contributed by atoms with van der Waals surface area (Å²) in [6.45, 7) is 0. The molecule has 1 saturated heterocycles. The smallest absolute Gasteiger partial charge is 0.258 e. The lowest BCUT2D eigenvalue weighted by Gasteiger charge is -2.03. The number of fused-ring (bicyclic) bond motifs is 1. The number of hydrogen-bond donors (Lipinski definition) is 0. The van der Waals surface area contributed by atoms with Crippen molar-refractivity contribution in [1.29, 1.82) is 0 Å². The second kappa shape index (κ2) is 5.02. The molecule has 106 valence electrons. The van der Waals surface area contributed by atoms with Crippen molar-refractivity contribution in [3.8, 4) is 0 Å². The van der Waals surface area contributed by atoms with Crippen LogP contribution in [0.1, 0.15) is 25.7 Å². The Morgan fingerprint density at radius 3 is 2.30 bits per heavy atom. The molecular formula is C12H13N3O4S. The molecule has 1 aliphatic heterocycles. The molecule has 1 heterocycles. The summed E-state index contributed by atoms with van der Waals surface area (Å²) in [5.74, 6) is 0. The fourth-order valence-electron chi connectivity index (χ4n) is 2.74. The Morgan fingerprint density at radius 1 is 1.10 bits per heavy atom. The normalized spacial score (nSPS) is 27.7. The van der Waals surface area contributed by atoms with Crippen LogP contribution in [-0.2, 0) is 0 Å². The van der Waals surface area contributed by atoms with Crippen LogP contribution in [0.25, 0.3) is 0 Å². The monoisotopic (exact) mass is 295 g/mol. The van der Waals surface area contributed by atoms with Crippen LogP contribution in [0.15, 0.2) is 23.1 Å². The predicted octanol–water partition coefficient (Wildman–Crippen LogP) is 3.14. The zero-order valence-corrected chi connectivity index (χ0v) is 11.4. The Hall–Kier alpha value is -1.67.